The van der Waals surface area contributed by atoms with E-state index in [1.807, 2.05) is 6.07 Å². The summed E-state index contributed by atoms with van der Waals surface area (Å²) < 4.78 is 11.3. The van der Waals surface area contributed by atoms with Gasteiger partial charge in [-0.1, -0.05) is 50.2 Å². The van der Waals surface area contributed by atoms with Gasteiger partial charge in [-0.25, -0.2) is 0 Å². The lowest BCUT2D eigenvalue weighted by molar-refractivity contribution is 0.0422. The molecule has 2 aromatic rings. The van der Waals surface area contributed by atoms with Crippen LogP contribution in [0.4, 0.5) is 0 Å². The largest absolute Gasteiger partial charge is 0.372 e. The van der Waals surface area contributed by atoms with Crippen molar-refractivity contribution in [3.05, 3.63) is 52.9 Å². The summed E-state index contributed by atoms with van der Waals surface area (Å²) in [4.78, 5) is 0. The highest BCUT2D eigenvalue weighted by Gasteiger charge is 2.21. The molecule has 0 fully saturated rings. The molecule has 118 valence electrons. The molecule has 0 aliphatic carbocycles. The first-order valence-corrected chi connectivity index (χ1v) is 7.90. The van der Waals surface area contributed by atoms with E-state index in [2.05, 4.69) is 55.5 Å². The fourth-order valence-electron chi connectivity index (χ4n) is 2.73. The summed E-state index contributed by atoms with van der Waals surface area (Å²) in [7, 11) is 0. The van der Waals surface area contributed by atoms with Gasteiger partial charge in [-0.15, -0.1) is 0 Å². The standard InChI is InChI=1S/C18H24N2O2/c1-18(2,3)17-10-14(20-22-17)11-19-12-16-15-7-5-4-6-13(15)8-9-21-16/h4-7,10,16,19H,8-9,11-12H2,1-3H3. The summed E-state index contributed by atoms with van der Waals surface area (Å²) in [5, 5.41) is 7.56. The topological polar surface area (TPSA) is 47.3 Å². The number of nitrogens with zero attached hydrogens (tertiary/aromatic N) is 1. The van der Waals surface area contributed by atoms with Crippen LogP contribution in [0, 0.1) is 0 Å². The van der Waals surface area contributed by atoms with Gasteiger partial charge in [-0.3, -0.25) is 0 Å². The highest BCUT2D eigenvalue weighted by Crippen LogP contribution is 2.26. The number of ether oxygens (including phenoxy) is 1. The Morgan fingerprint density at radius 1 is 1.27 bits per heavy atom. The second-order valence-corrected chi connectivity index (χ2v) is 6.87. The summed E-state index contributed by atoms with van der Waals surface area (Å²) in [6.07, 6.45) is 1.13. The van der Waals surface area contributed by atoms with Gasteiger partial charge in [-0.05, 0) is 17.5 Å². The summed E-state index contributed by atoms with van der Waals surface area (Å²) in [5.41, 5.74) is 3.64. The van der Waals surface area contributed by atoms with Crippen LogP contribution in [0.25, 0.3) is 0 Å². The van der Waals surface area contributed by atoms with Crippen LogP contribution in [0.5, 0.6) is 0 Å². The minimum absolute atomic E-state index is 0.00330. The summed E-state index contributed by atoms with van der Waals surface area (Å²) in [6.45, 7) is 8.64. The Kier molecular flexibility index (Phi) is 4.32. The molecule has 1 aliphatic heterocycles. The zero-order valence-electron chi connectivity index (χ0n) is 13.6. The molecule has 0 saturated carbocycles. The number of fused-ring (bicyclic) bond motifs is 1. The van der Waals surface area contributed by atoms with Crippen LogP contribution < -0.4 is 5.32 Å². The van der Waals surface area contributed by atoms with E-state index in [1.165, 1.54) is 11.1 Å². The second-order valence-electron chi connectivity index (χ2n) is 6.87. The second kappa shape index (κ2) is 6.23. The zero-order chi connectivity index (χ0) is 15.6. The molecule has 1 aliphatic rings. The minimum Gasteiger partial charge on any atom is -0.372 e. The van der Waals surface area contributed by atoms with Crippen molar-refractivity contribution in [3.8, 4) is 0 Å². The third-order valence-electron chi connectivity index (χ3n) is 4.03. The van der Waals surface area contributed by atoms with E-state index in [1.54, 1.807) is 0 Å². The van der Waals surface area contributed by atoms with Gasteiger partial charge >= 0.3 is 0 Å². The van der Waals surface area contributed by atoms with Gasteiger partial charge in [0.1, 0.15) is 5.76 Å². The molecule has 0 spiro atoms. The van der Waals surface area contributed by atoms with Gasteiger partial charge in [0, 0.05) is 24.6 Å². The Morgan fingerprint density at radius 3 is 2.86 bits per heavy atom. The average molecular weight is 300 g/mol. The van der Waals surface area contributed by atoms with Crippen molar-refractivity contribution in [2.24, 2.45) is 0 Å². The number of benzene rings is 1. The van der Waals surface area contributed by atoms with Gasteiger partial charge in [0.15, 0.2) is 0 Å². The van der Waals surface area contributed by atoms with Crippen molar-refractivity contribution in [1.82, 2.24) is 10.5 Å². The zero-order valence-corrected chi connectivity index (χ0v) is 13.6. The van der Waals surface area contributed by atoms with Crippen molar-refractivity contribution in [3.63, 3.8) is 0 Å². The number of aromatic nitrogens is 1. The van der Waals surface area contributed by atoms with Crippen molar-refractivity contribution >= 4 is 0 Å². The molecular formula is C18H24N2O2. The van der Waals surface area contributed by atoms with Crippen molar-refractivity contribution in [1.29, 1.82) is 0 Å². The summed E-state index contributed by atoms with van der Waals surface area (Å²) in [6, 6.07) is 10.6. The van der Waals surface area contributed by atoms with E-state index in [9.17, 15) is 0 Å². The van der Waals surface area contributed by atoms with E-state index in [-0.39, 0.29) is 11.5 Å². The van der Waals surface area contributed by atoms with Gasteiger partial charge in [0.05, 0.1) is 18.4 Å². The first kappa shape index (κ1) is 15.3. The molecule has 1 N–H and O–H groups in total. The summed E-state index contributed by atoms with van der Waals surface area (Å²) in [5.74, 6) is 0.920. The van der Waals surface area contributed by atoms with E-state index >= 15 is 0 Å². The molecule has 4 nitrogen and oxygen atoms in total. The predicted octanol–water partition coefficient (Wildman–Crippen LogP) is 3.38. The maximum Gasteiger partial charge on any atom is 0.142 e. The molecule has 1 atom stereocenters. The fraction of sp³-hybridized carbons (Fsp3) is 0.500. The first-order chi connectivity index (χ1) is 10.5. The van der Waals surface area contributed by atoms with Crippen molar-refractivity contribution in [2.45, 2.75) is 45.3 Å². The molecule has 1 unspecified atom stereocenters. The normalized spacial score (nSPS) is 18.2. The van der Waals surface area contributed by atoms with Gasteiger partial charge < -0.3 is 14.6 Å². The molecule has 0 amide bonds. The van der Waals surface area contributed by atoms with Crippen LogP contribution in [0.1, 0.15) is 49.5 Å². The molecule has 4 heteroatoms. The molecule has 0 saturated heterocycles. The molecule has 3 rings (SSSR count). The van der Waals surface area contributed by atoms with E-state index in [4.69, 9.17) is 9.26 Å². The smallest absolute Gasteiger partial charge is 0.142 e. The third-order valence-corrected chi connectivity index (χ3v) is 4.03. The van der Waals surface area contributed by atoms with Crippen LogP contribution in [0.2, 0.25) is 0 Å². The van der Waals surface area contributed by atoms with E-state index in [0.717, 1.165) is 31.0 Å². The predicted molar refractivity (Wildman–Crippen MR) is 85.7 cm³/mol. The Hall–Kier alpha value is -1.65. The lowest BCUT2D eigenvalue weighted by atomic mass is 9.93. The van der Waals surface area contributed by atoms with Crippen molar-refractivity contribution in [2.75, 3.05) is 13.2 Å². The van der Waals surface area contributed by atoms with Gasteiger partial charge in [0.25, 0.3) is 0 Å². The molecular weight excluding hydrogens is 276 g/mol. The van der Waals surface area contributed by atoms with Crippen molar-refractivity contribution < 1.29 is 9.26 Å². The maximum atomic E-state index is 5.90. The molecule has 22 heavy (non-hydrogen) atoms. The van der Waals surface area contributed by atoms with Crippen LogP contribution in [-0.4, -0.2) is 18.3 Å². The van der Waals surface area contributed by atoms with Crippen LogP contribution in [-0.2, 0) is 23.1 Å². The molecule has 2 heterocycles. The Balaban J connectivity index is 1.57. The highest BCUT2D eigenvalue weighted by molar-refractivity contribution is 5.31. The van der Waals surface area contributed by atoms with Crippen LogP contribution in [0.3, 0.4) is 0 Å². The highest BCUT2D eigenvalue weighted by atomic mass is 16.5. The average Bonchev–Trinajstić information content (AvgIpc) is 2.97. The lowest BCUT2D eigenvalue weighted by Crippen LogP contribution is -2.27. The van der Waals surface area contributed by atoms with Crippen LogP contribution in [0.15, 0.2) is 34.9 Å². The minimum atomic E-state index is -0.00330. The number of hydrogen-bond acceptors (Lipinski definition) is 4. The van der Waals surface area contributed by atoms with Gasteiger partial charge in [0.2, 0.25) is 0 Å². The number of hydrogen-bond donors (Lipinski definition) is 1. The molecule has 0 radical (unpaired) electrons. The SMILES string of the molecule is CC(C)(C)c1cc(CNCC2OCCc3ccccc32)no1. The number of nitrogens with one attached hydrogen (secondary N) is 1. The third kappa shape index (κ3) is 3.39. The Bertz CT molecular complexity index is 628. The lowest BCUT2D eigenvalue weighted by Gasteiger charge is -2.26. The van der Waals surface area contributed by atoms with Crippen LogP contribution >= 0.6 is 0 Å². The summed E-state index contributed by atoms with van der Waals surface area (Å²) >= 11 is 0. The maximum absolute atomic E-state index is 5.90. The Labute approximate surface area is 131 Å². The molecule has 1 aromatic heterocycles. The Morgan fingerprint density at radius 2 is 2.09 bits per heavy atom. The van der Waals surface area contributed by atoms with E-state index in [0.29, 0.717) is 6.54 Å². The first-order valence-electron chi connectivity index (χ1n) is 7.90. The van der Waals surface area contributed by atoms with Gasteiger partial charge in [-0.2, -0.15) is 0 Å². The quantitative estimate of drug-likeness (QED) is 0.940. The van der Waals surface area contributed by atoms with E-state index < -0.39 is 0 Å². The fourth-order valence-corrected chi connectivity index (χ4v) is 2.73. The number of rotatable bonds is 4. The molecule has 0 bridgehead atoms. The molecule has 1 aromatic carbocycles. The monoisotopic (exact) mass is 300 g/mol.